The molecule has 2 aromatic carbocycles. The van der Waals surface area contributed by atoms with Gasteiger partial charge in [0.05, 0.1) is 20.8 Å². The van der Waals surface area contributed by atoms with Gasteiger partial charge in [-0.15, -0.1) is 0 Å². The fourth-order valence-electron chi connectivity index (χ4n) is 4.15. The Morgan fingerprint density at radius 2 is 1.74 bits per heavy atom. The van der Waals surface area contributed by atoms with Crippen LogP contribution in [-0.2, 0) is 4.79 Å². The second-order valence-electron chi connectivity index (χ2n) is 8.34. The highest BCUT2D eigenvalue weighted by Crippen LogP contribution is 2.36. The van der Waals surface area contributed by atoms with E-state index in [1.165, 1.54) is 17.8 Å². The molecular weight excluding hydrogens is 510 g/mol. The van der Waals surface area contributed by atoms with Crippen LogP contribution in [-0.4, -0.2) is 43.5 Å². The Kier molecular flexibility index (Phi) is 7.62. The first-order valence-electron chi connectivity index (χ1n) is 11.8. The molecule has 0 bridgehead atoms. The Bertz CT molecular complexity index is 1490. The number of aliphatic imine (C=N–C) groups is 1. The minimum absolute atomic E-state index is 0.0589. The Labute approximate surface area is 222 Å². The van der Waals surface area contributed by atoms with Gasteiger partial charge in [-0.3, -0.25) is 34.9 Å². The molecule has 1 fully saturated rings. The third kappa shape index (κ3) is 5.16. The standard InChI is InChI=1S/C26H25N5O6S/c1-5-27-26-28(6-2)25(32)24(38-26)14-18-13-16(3)29(17(18)4)19-7-10-21(11-8-19)37-23-12-9-20(30(33)34)15-22(23)31(35)36/h7-15H,5-6H2,1-4H3/b24-14-,27-26?. The van der Waals surface area contributed by atoms with Crippen LogP contribution in [0.15, 0.2) is 58.4 Å². The molecule has 0 atom stereocenters. The van der Waals surface area contributed by atoms with Gasteiger partial charge in [0.25, 0.3) is 11.6 Å². The van der Waals surface area contributed by atoms with Gasteiger partial charge in [-0.1, -0.05) is 0 Å². The van der Waals surface area contributed by atoms with E-state index in [-0.39, 0.29) is 11.7 Å². The van der Waals surface area contributed by atoms with Gasteiger partial charge in [-0.05, 0) is 87.5 Å². The Balaban J connectivity index is 1.60. The van der Waals surface area contributed by atoms with Crippen LogP contribution in [0, 0.1) is 34.1 Å². The Morgan fingerprint density at radius 1 is 1.03 bits per heavy atom. The zero-order chi connectivity index (χ0) is 27.6. The molecule has 0 unspecified atom stereocenters. The molecule has 0 saturated carbocycles. The molecule has 4 rings (SSSR count). The van der Waals surface area contributed by atoms with Crippen LogP contribution < -0.4 is 4.74 Å². The van der Waals surface area contributed by atoms with Crippen LogP contribution in [0.3, 0.4) is 0 Å². The summed E-state index contributed by atoms with van der Waals surface area (Å²) in [5.41, 5.74) is 2.76. The SMILES string of the molecule is CCN=C1S/C(=C\c2cc(C)n(-c3ccc(Oc4ccc([N+](=O)[O-])cc4[N+](=O)[O-])cc3)c2C)C(=O)N1CC. The number of nitro groups is 2. The summed E-state index contributed by atoms with van der Waals surface area (Å²) in [7, 11) is 0. The highest BCUT2D eigenvalue weighted by Gasteiger charge is 2.32. The second kappa shape index (κ2) is 10.9. The van der Waals surface area contributed by atoms with Crippen LogP contribution in [0.5, 0.6) is 11.5 Å². The number of amides is 1. The van der Waals surface area contributed by atoms with Crippen molar-refractivity contribution in [1.29, 1.82) is 0 Å². The molecule has 38 heavy (non-hydrogen) atoms. The lowest BCUT2D eigenvalue weighted by molar-refractivity contribution is -0.394. The quantitative estimate of drug-likeness (QED) is 0.196. The van der Waals surface area contributed by atoms with Gasteiger partial charge in [-0.25, -0.2) is 0 Å². The van der Waals surface area contributed by atoms with Gasteiger partial charge in [0, 0.05) is 36.2 Å². The molecular formula is C26H25N5O6S. The summed E-state index contributed by atoms with van der Waals surface area (Å²) < 4.78 is 7.71. The highest BCUT2D eigenvalue weighted by molar-refractivity contribution is 8.18. The fraction of sp³-hybridized carbons (Fsp3) is 0.231. The number of benzene rings is 2. The minimum Gasteiger partial charge on any atom is -0.450 e. The van der Waals surface area contributed by atoms with E-state index in [0.29, 0.717) is 28.9 Å². The van der Waals surface area contributed by atoms with E-state index in [0.717, 1.165) is 34.8 Å². The average molecular weight is 536 g/mol. The molecule has 1 aromatic heterocycles. The third-order valence-corrected chi connectivity index (χ3v) is 6.97. The molecule has 1 aliphatic heterocycles. The first kappa shape index (κ1) is 26.6. The molecule has 0 aliphatic carbocycles. The van der Waals surface area contributed by atoms with Crippen molar-refractivity contribution in [3.05, 3.63) is 90.6 Å². The summed E-state index contributed by atoms with van der Waals surface area (Å²) in [6.07, 6.45) is 1.89. The molecule has 0 spiro atoms. The van der Waals surface area contributed by atoms with E-state index in [4.69, 9.17) is 4.74 Å². The molecule has 196 valence electrons. The summed E-state index contributed by atoms with van der Waals surface area (Å²) in [4.78, 5) is 40.5. The lowest BCUT2D eigenvalue weighted by Crippen LogP contribution is -2.28. The van der Waals surface area contributed by atoms with Gasteiger partial charge in [0.1, 0.15) is 5.75 Å². The number of thioether (sulfide) groups is 1. The van der Waals surface area contributed by atoms with Crippen molar-refractivity contribution < 1.29 is 19.4 Å². The number of amidine groups is 1. The Hall–Kier alpha value is -4.45. The molecule has 2 heterocycles. The van der Waals surface area contributed by atoms with E-state index < -0.39 is 21.2 Å². The summed E-state index contributed by atoms with van der Waals surface area (Å²) in [6, 6.07) is 12.2. The molecule has 1 saturated heterocycles. The third-order valence-electron chi connectivity index (χ3n) is 5.93. The van der Waals surface area contributed by atoms with Gasteiger partial charge in [0.15, 0.2) is 5.17 Å². The maximum atomic E-state index is 12.9. The number of rotatable bonds is 8. The number of hydrogen-bond donors (Lipinski definition) is 0. The van der Waals surface area contributed by atoms with Crippen molar-refractivity contribution in [2.24, 2.45) is 4.99 Å². The van der Waals surface area contributed by atoms with Crippen LogP contribution in [0.1, 0.15) is 30.8 Å². The van der Waals surface area contributed by atoms with Crippen molar-refractivity contribution in [2.75, 3.05) is 13.1 Å². The maximum Gasteiger partial charge on any atom is 0.318 e. The number of carbonyl (C=O) groups excluding carboxylic acids is 1. The van der Waals surface area contributed by atoms with Crippen molar-refractivity contribution in [2.45, 2.75) is 27.7 Å². The number of carbonyl (C=O) groups is 1. The lowest BCUT2D eigenvalue weighted by atomic mass is 10.2. The summed E-state index contributed by atoms with van der Waals surface area (Å²) in [5, 5.41) is 23.1. The van der Waals surface area contributed by atoms with E-state index in [2.05, 4.69) is 4.99 Å². The van der Waals surface area contributed by atoms with Gasteiger partial charge >= 0.3 is 5.69 Å². The van der Waals surface area contributed by atoms with Crippen molar-refractivity contribution in [3.8, 4) is 17.2 Å². The Morgan fingerprint density at radius 3 is 2.34 bits per heavy atom. The van der Waals surface area contributed by atoms with Crippen molar-refractivity contribution in [1.82, 2.24) is 9.47 Å². The molecule has 3 aromatic rings. The van der Waals surface area contributed by atoms with Crippen LogP contribution >= 0.6 is 11.8 Å². The monoisotopic (exact) mass is 535 g/mol. The lowest BCUT2D eigenvalue weighted by Gasteiger charge is -2.12. The van der Waals surface area contributed by atoms with Gasteiger partial charge in [0.2, 0.25) is 5.75 Å². The number of hydrogen-bond acceptors (Lipinski definition) is 8. The van der Waals surface area contributed by atoms with Crippen LogP contribution in [0.4, 0.5) is 11.4 Å². The molecule has 11 nitrogen and oxygen atoms in total. The topological polar surface area (TPSA) is 133 Å². The fourth-order valence-corrected chi connectivity index (χ4v) is 5.25. The summed E-state index contributed by atoms with van der Waals surface area (Å²) in [5.74, 6) is 0.184. The smallest absolute Gasteiger partial charge is 0.318 e. The highest BCUT2D eigenvalue weighted by atomic mass is 32.2. The molecule has 1 aliphatic rings. The maximum absolute atomic E-state index is 12.9. The zero-order valence-electron chi connectivity index (χ0n) is 21.2. The van der Waals surface area contributed by atoms with Crippen molar-refractivity contribution >= 4 is 40.3 Å². The number of aryl methyl sites for hydroxylation is 1. The second-order valence-corrected chi connectivity index (χ2v) is 9.35. The van der Waals surface area contributed by atoms with Gasteiger partial charge < -0.3 is 9.30 Å². The first-order chi connectivity index (χ1) is 18.1. The number of nitrogens with zero attached hydrogens (tertiary/aromatic N) is 5. The molecule has 0 radical (unpaired) electrons. The normalized spacial score (nSPS) is 15.5. The number of aromatic nitrogens is 1. The molecule has 1 amide bonds. The first-order valence-corrected chi connectivity index (χ1v) is 12.6. The summed E-state index contributed by atoms with van der Waals surface area (Å²) in [6.45, 7) is 8.94. The molecule has 12 heteroatoms. The number of non-ortho nitro benzene ring substituents is 1. The van der Waals surface area contributed by atoms with Crippen molar-refractivity contribution in [3.63, 3.8) is 0 Å². The number of likely N-dealkylation sites (N-methyl/N-ethyl adjacent to an activating group) is 1. The average Bonchev–Trinajstić information content (AvgIpc) is 3.33. The van der Waals surface area contributed by atoms with E-state index in [1.807, 2.05) is 56.5 Å². The van der Waals surface area contributed by atoms with Gasteiger partial charge in [-0.2, -0.15) is 0 Å². The number of nitro benzene ring substituents is 2. The predicted octanol–water partition coefficient (Wildman–Crippen LogP) is 6.01. The van der Waals surface area contributed by atoms with Crippen LogP contribution in [0.25, 0.3) is 11.8 Å². The summed E-state index contributed by atoms with van der Waals surface area (Å²) >= 11 is 1.38. The van der Waals surface area contributed by atoms with E-state index in [1.54, 1.807) is 17.0 Å². The van der Waals surface area contributed by atoms with E-state index in [9.17, 15) is 25.0 Å². The van der Waals surface area contributed by atoms with Crippen LogP contribution in [0.2, 0.25) is 0 Å². The van der Waals surface area contributed by atoms with E-state index >= 15 is 0 Å². The zero-order valence-corrected chi connectivity index (χ0v) is 22.0. The largest absolute Gasteiger partial charge is 0.450 e. The number of ether oxygens (including phenoxy) is 1. The minimum atomic E-state index is -0.719. The molecule has 0 N–H and O–H groups in total. The predicted molar refractivity (Wildman–Crippen MR) is 146 cm³/mol.